The Labute approximate surface area is 110 Å². The number of nitrogens with two attached hydrogens (primary N) is 1. The number of nitrogens with zero attached hydrogens (tertiary/aromatic N) is 1. The van der Waals surface area contributed by atoms with E-state index in [9.17, 15) is 4.79 Å². The van der Waals surface area contributed by atoms with Crippen molar-refractivity contribution in [2.75, 3.05) is 6.54 Å². The summed E-state index contributed by atoms with van der Waals surface area (Å²) < 4.78 is 0. The third-order valence-electron chi connectivity index (χ3n) is 2.59. The summed E-state index contributed by atoms with van der Waals surface area (Å²) in [5.74, 6) is -0.0768. The van der Waals surface area contributed by atoms with Gasteiger partial charge in [0.2, 0.25) is 0 Å². The fourth-order valence-corrected chi connectivity index (χ4v) is 2.26. The second kappa shape index (κ2) is 6.28. The predicted octanol–water partition coefficient (Wildman–Crippen LogP) is 1.57. The zero-order chi connectivity index (χ0) is 12.8. The van der Waals surface area contributed by atoms with Crippen molar-refractivity contribution < 1.29 is 4.79 Å². The van der Waals surface area contributed by atoms with Crippen LogP contribution in [-0.4, -0.2) is 17.4 Å². The van der Waals surface area contributed by atoms with E-state index >= 15 is 0 Å². The van der Waals surface area contributed by atoms with Crippen LogP contribution in [0.1, 0.15) is 21.6 Å². The van der Waals surface area contributed by atoms with Gasteiger partial charge in [0.15, 0.2) is 0 Å². The summed E-state index contributed by atoms with van der Waals surface area (Å²) in [6.07, 6.45) is 0.709. The van der Waals surface area contributed by atoms with Gasteiger partial charge in [0, 0.05) is 10.9 Å². The Bertz CT molecular complexity index is 511. The molecule has 0 aliphatic heterocycles. The Kier molecular flexibility index (Phi) is 4.44. The molecule has 1 amide bonds. The van der Waals surface area contributed by atoms with Crippen LogP contribution in [0.3, 0.4) is 0 Å². The van der Waals surface area contributed by atoms with E-state index in [1.165, 1.54) is 11.3 Å². The molecule has 2 rings (SSSR count). The van der Waals surface area contributed by atoms with Crippen LogP contribution in [0, 0.1) is 0 Å². The first-order valence-electron chi connectivity index (χ1n) is 5.74. The minimum absolute atomic E-state index is 0.0768. The minimum atomic E-state index is -0.0768. The van der Waals surface area contributed by atoms with Crippen molar-refractivity contribution in [3.8, 4) is 0 Å². The van der Waals surface area contributed by atoms with E-state index in [2.05, 4.69) is 10.3 Å². The van der Waals surface area contributed by atoms with Crippen molar-refractivity contribution in [1.82, 2.24) is 10.3 Å². The molecule has 4 nitrogen and oxygen atoms in total. The molecule has 0 radical (unpaired) electrons. The van der Waals surface area contributed by atoms with Crippen LogP contribution in [0.4, 0.5) is 0 Å². The Balaban J connectivity index is 2.04. The standard InChI is InChI=1S/C13H15N3OS/c14-6-5-10-3-1-2-4-12(10)13(17)15-7-11-8-18-9-16-11/h1-4,8-9H,5-7,14H2,(H,15,17). The molecule has 0 fully saturated rings. The molecule has 2 aromatic rings. The van der Waals surface area contributed by atoms with E-state index in [1.54, 1.807) is 5.51 Å². The highest BCUT2D eigenvalue weighted by atomic mass is 32.1. The van der Waals surface area contributed by atoms with E-state index in [-0.39, 0.29) is 5.91 Å². The van der Waals surface area contributed by atoms with Crippen LogP contribution >= 0.6 is 11.3 Å². The van der Waals surface area contributed by atoms with Crippen molar-refractivity contribution in [3.63, 3.8) is 0 Å². The number of hydrogen-bond acceptors (Lipinski definition) is 4. The first-order chi connectivity index (χ1) is 8.81. The second-order valence-corrected chi connectivity index (χ2v) is 4.58. The molecule has 3 N–H and O–H groups in total. The van der Waals surface area contributed by atoms with Crippen LogP contribution in [0.15, 0.2) is 35.2 Å². The maximum atomic E-state index is 12.1. The highest BCUT2D eigenvalue weighted by Crippen LogP contribution is 2.09. The third kappa shape index (κ3) is 3.15. The molecule has 1 aromatic heterocycles. The molecular formula is C13H15N3OS. The first-order valence-corrected chi connectivity index (χ1v) is 6.69. The van der Waals surface area contributed by atoms with E-state index in [1.807, 2.05) is 29.6 Å². The molecular weight excluding hydrogens is 246 g/mol. The highest BCUT2D eigenvalue weighted by molar-refractivity contribution is 7.07. The van der Waals surface area contributed by atoms with Gasteiger partial charge in [-0.1, -0.05) is 18.2 Å². The lowest BCUT2D eigenvalue weighted by Gasteiger charge is -2.08. The molecule has 1 aromatic carbocycles. The summed E-state index contributed by atoms with van der Waals surface area (Å²) in [6, 6.07) is 7.53. The summed E-state index contributed by atoms with van der Waals surface area (Å²) >= 11 is 1.52. The Morgan fingerprint density at radius 1 is 1.39 bits per heavy atom. The lowest BCUT2D eigenvalue weighted by Crippen LogP contribution is -2.24. The molecule has 0 saturated heterocycles. The van der Waals surface area contributed by atoms with Gasteiger partial charge in [0.1, 0.15) is 0 Å². The van der Waals surface area contributed by atoms with Gasteiger partial charge in [-0.15, -0.1) is 11.3 Å². The maximum absolute atomic E-state index is 12.1. The zero-order valence-electron chi connectivity index (χ0n) is 9.93. The molecule has 1 heterocycles. The molecule has 18 heavy (non-hydrogen) atoms. The zero-order valence-corrected chi connectivity index (χ0v) is 10.7. The summed E-state index contributed by atoms with van der Waals surface area (Å²) in [5, 5.41) is 4.79. The van der Waals surface area contributed by atoms with Gasteiger partial charge in [-0.25, -0.2) is 4.98 Å². The number of carbonyl (C=O) groups excluding carboxylic acids is 1. The Morgan fingerprint density at radius 3 is 2.94 bits per heavy atom. The van der Waals surface area contributed by atoms with Crippen LogP contribution < -0.4 is 11.1 Å². The molecule has 0 aliphatic rings. The largest absolute Gasteiger partial charge is 0.346 e. The maximum Gasteiger partial charge on any atom is 0.251 e. The number of nitrogens with one attached hydrogen (secondary N) is 1. The van der Waals surface area contributed by atoms with Crippen molar-refractivity contribution >= 4 is 17.2 Å². The van der Waals surface area contributed by atoms with Crippen molar-refractivity contribution in [2.45, 2.75) is 13.0 Å². The number of thiazole rings is 1. The van der Waals surface area contributed by atoms with Crippen LogP contribution in [0.25, 0.3) is 0 Å². The number of amides is 1. The molecule has 94 valence electrons. The highest BCUT2D eigenvalue weighted by Gasteiger charge is 2.10. The Morgan fingerprint density at radius 2 is 2.22 bits per heavy atom. The van der Waals surface area contributed by atoms with E-state index in [0.29, 0.717) is 25.1 Å². The van der Waals surface area contributed by atoms with Crippen LogP contribution in [0.2, 0.25) is 0 Å². The average Bonchev–Trinajstić information content (AvgIpc) is 2.90. The van der Waals surface area contributed by atoms with Gasteiger partial charge in [0.05, 0.1) is 17.7 Å². The fourth-order valence-electron chi connectivity index (χ4n) is 1.71. The number of benzene rings is 1. The van der Waals surface area contributed by atoms with E-state index in [0.717, 1.165) is 11.3 Å². The smallest absolute Gasteiger partial charge is 0.251 e. The molecule has 0 unspecified atom stereocenters. The summed E-state index contributed by atoms with van der Waals surface area (Å²) in [7, 11) is 0. The Hall–Kier alpha value is -1.72. The number of aromatic nitrogens is 1. The molecule has 0 bridgehead atoms. The van der Waals surface area contributed by atoms with Crippen molar-refractivity contribution in [2.24, 2.45) is 5.73 Å². The normalized spacial score (nSPS) is 10.3. The van der Waals surface area contributed by atoms with Gasteiger partial charge in [-0.2, -0.15) is 0 Å². The summed E-state index contributed by atoms with van der Waals surface area (Å²) in [4.78, 5) is 16.2. The van der Waals surface area contributed by atoms with Gasteiger partial charge in [0.25, 0.3) is 5.91 Å². The quantitative estimate of drug-likeness (QED) is 0.858. The van der Waals surface area contributed by atoms with Gasteiger partial charge < -0.3 is 11.1 Å². The molecule has 0 aliphatic carbocycles. The predicted molar refractivity (Wildman–Crippen MR) is 72.5 cm³/mol. The molecule has 5 heteroatoms. The van der Waals surface area contributed by atoms with Gasteiger partial charge >= 0.3 is 0 Å². The van der Waals surface area contributed by atoms with Crippen LogP contribution in [0.5, 0.6) is 0 Å². The number of rotatable bonds is 5. The monoisotopic (exact) mass is 261 g/mol. The minimum Gasteiger partial charge on any atom is -0.346 e. The lowest BCUT2D eigenvalue weighted by molar-refractivity contribution is 0.0949. The second-order valence-electron chi connectivity index (χ2n) is 3.86. The van der Waals surface area contributed by atoms with Gasteiger partial charge in [-0.05, 0) is 24.6 Å². The summed E-state index contributed by atoms with van der Waals surface area (Å²) in [6.45, 7) is 0.996. The van der Waals surface area contributed by atoms with E-state index < -0.39 is 0 Å². The third-order valence-corrected chi connectivity index (χ3v) is 3.22. The average molecular weight is 261 g/mol. The molecule has 0 spiro atoms. The van der Waals surface area contributed by atoms with Crippen molar-refractivity contribution in [3.05, 3.63) is 52.0 Å². The molecule has 0 atom stereocenters. The van der Waals surface area contributed by atoms with Gasteiger partial charge in [-0.3, -0.25) is 4.79 Å². The van der Waals surface area contributed by atoms with E-state index in [4.69, 9.17) is 5.73 Å². The molecule has 0 saturated carbocycles. The van der Waals surface area contributed by atoms with Crippen molar-refractivity contribution in [1.29, 1.82) is 0 Å². The lowest BCUT2D eigenvalue weighted by atomic mass is 10.0. The number of carbonyl (C=O) groups is 1. The summed E-state index contributed by atoms with van der Waals surface area (Å²) in [5.41, 5.74) is 9.85. The SMILES string of the molecule is NCCc1ccccc1C(=O)NCc1cscn1. The topological polar surface area (TPSA) is 68.0 Å². The van der Waals surface area contributed by atoms with Crippen LogP contribution in [-0.2, 0) is 13.0 Å². The number of hydrogen-bond donors (Lipinski definition) is 2. The first kappa shape index (κ1) is 12.7. The fraction of sp³-hybridized carbons (Fsp3) is 0.231.